The molecule has 73 valence electrons. The molecule has 0 atom stereocenters. The summed E-state index contributed by atoms with van der Waals surface area (Å²) in [6, 6.07) is 0. The minimum absolute atomic E-state index is 1.06. The molecule has 0 spiro atoms. The van der Waals surface area contributed by atoms with Crippen LogP contribution in [0.5, 0.6) is 0 Å². The van der Waals surface area contributed by atoms with Crippen molar-refractivity contribution in [3.8, 4) is 0 Å². The van der Waals surface area contributed by atoms with Crippen molar-refractivity contribution in [2.75, 3.05) is 26.2 Å². The molecule has 0 N–H and O–H groups in total. The molecular formula is C11H25N+. The van der Waals surface area contributed by atoms with Crippen LogP contribution in [0.3, 0.4) is 0 Å². The van der Waals surface area contributed by atoms with E-state index in [1.54, 1.807) is 0 Å². The summed E-state index contributed by atoms with van der Waals surface area (Å²) in [5.74, 6) is 0. The predicted molar refractivity (Wildman–Crippen MR) is 56.0 cm³/mol. The van der Waals surface area contributed by atoms with Gasteiger partial charge in [0.25, 0.3) is 0 Å². The van der Waals surface area contributed by atoms with Crippen LogP contribution in [-0.2, 0) is 0 Å². The van der Waals surface area contributed by atoms with Gasteiger partial charge in [-0.15, -0.1) is 0 Å². The zero-order valence-corrected chi connectivity index (χ0v) is 9.10. The Bertz CT molecular complexity index is 82.2. The van der Waals surface area contributed by atoms with Gasteiger partial charge in [0.15, 0.2) is 0 Å². The second-order valence-corrected chi connectivity index (χ2v) is 3.74. The highest BCUT2D eigenvalue weighted by Gasteiger charge is 2.21. The summed E-state index contributed by atoms with van der Waals surface area (Å²) in [5.41, 5.74) is 0. The van der Waals surface area contributed by atoms with Gasteiger partial charge in [-0.05, 0) is 19.3 Å². The van der Waals surface area contributed by atoms with Gasteiger partial charge in [0.05, 0.1) is 26.2 Å². The van der Waals surface area contributed by atoms with Crippen molar-refractivity contribution in [2.24, 2.45) is 0 Å². The SMILES string of the molecule is [CH2]C[N+](CCC)(CCC)CCC. The Morgan fingerprint density at radius 2 is 1.17 bits per heavy atom. The summed E-state index contributed by atoms with van der Waals surface area (Å²) in [6.07, 6.45) is 3.86. The fourth-order valence-corrected chi connectivity index (χ4v) is 2.09. The summed E-state index contributed by atoms with van der Waals surface area (Å²) in [7, 11) is 0. The first-order chi connectivity index (χ1) is 5.74. The lowest BCUT2D eigenvalue weighted by Gasteiger charge is -2.37. The smallest absolute Gasteiger partial charge is 0.0788 e. The van der Waals surface area contributed by atoms with Crippen LogP contribution < -0.4 is 0 Å². The maximum absolute atomic E-state index is 4.09. The van der Waals surface area contributed by atoms with E-state index in [1.165, 1.54) is 43.4 Å². The van der Waals surface area contributed by atoms with Gasteiger partial charge in [-0.2, -0.15) is 0 Å². The van der Waals surface area contributed by atoms with E-state index in [9.17, 15) is 0 Å². The molecule has 0 saturated heterocycles. The van der Waals surface area contributed by atoms with Crippen LogP contribution in [0, 0.1) is 6.92 Å². The Morgan fingerprint density at radius 1 is 0.833 bits per heavy atom. The van der Waals surface area contributed by atoms with Gasteiger partial charge in [-0.3, -0.25) is 0 Å². The molecule has 1 radical (unpaired) electrons. The molecule has 0 saturated carbocycles. The van der Waals surface area contributed by atoms with Gasteiger partial charge in [0, 0.05) is 6.92 Å². The fourth-order valence-electron chi connectivity index (χ4n) is 2.09. The van der Waals surface area contributed by atoms with E-state index in [0.717, 1.165) is 6.54 Å². The number of hydrogen-bond acceptors (Lipinski definition) is 0. The molecule has 0 aromatic rings. The fraction of sp³-hybridized carbons (Fsp3) is 0.909. The molecule has 0 bridgehead atoms. The van der Waals surface area contributed by atoms with Crippen LogP contribution in [0.15, 0.2) is 0 Å². The zero-order chi connectivity index (χ0) is 9.45. The van der Waals surface area contributed by atoms with Crippen LogP contribution in [-0.4, -0.2) is 30.7 Å². The van der Waals surface area contributed by atoms with Crippen LogP contribution >= 0.6 is 0 Å². The van der Waals surface area contributed by atoms with Gasteiger partial charge in [0.2, 0.25) is 0 Å². The third-order valence-electron chi connectivity index (χ3n) is 2.57. The lowest BCUT2D eigenvalue weighted by atomic mass is 10.2. The van der Waals surface area contributed by atoms with Gasteiger partial charge in [0.1, 0.15) is 0 Å². The molecular weight excluding hydrogens is 146 g/mol. The summed E-state index contributed by atoms with van der Waals surface area (Å²) in [4.78, 5) is 0. The molecule has 0 aliphatic rings. The molecule has 0 rings (SSSR count). The van der Waals surface area contributed by atoms with Crippen molar-refractivity contribution in [1.29, 1.82) is 0 Å². The van der Waals surface area contributed by atoms with Crippen molar-refractivity contribution in [3.05, 3.63) is 6.92 Å². The summed E-state index contributed by atoms with van der Waals surface area (Å²) in [5, 5.41) is 0. The lowest BCUT2D eigenvalue weighted by molar-refractivity contribution is -0.923. The Morgan fingerprint density at radius 3 is 1.33 bits per heavy atom. The highest BCUT2D eigenvalue weighted by Crippen LogP contribution is 2.10. The van der Waals surface area contributed by atoms with Crippen LogP contribution in [0.1, 0.15) is 40.0 Å². The van der Waals surface area contributed by atoms with Gasteiger partial charge in [-0.25, -0.2) is 0 Å². The highest BCUT2D eigenvalue weighted by molar-refractivity contribution is 4.45. The maximum atomic E-state index is 4.09. The molecule has 0 aromatic carbocycles. The van der Waals surface area contributed by atoms with E-state index in [4.69, 9.17) is 0 Å². The Labute approximate surface area is 78.4 Å². The molecule has 0 heterocycles. The number of quaternary nitrogens is 1. The average Bonchev–Trinajstić information content (AvgIpc) is 2.06. The van der Waals surface area contributed by atoms with Crippen molar-refractivity contribution < 1.29 is 4.48 Å². The van der Waals surface area contributed by atoms with E-state index in [2.05, 4.69) is 27.7 Å². The van der Waals surface area contributed by atoms with Crippen molar-refractivity contribution in [1.82, 2.24) is 0 Å². The quantitative estimate of drug-likeness (QED) is 0.517. The van der Waals surface area contributed by atoms with Crippen LogP contribution in [0.4, 0.5) is 0 Å². The highest BCUT2D eigenvalue weighted by atomic mass is 15.3. The second-order valence-electron chi connectivity index (χ2n) is 3.74. The standard InChI is InChI=1S/C11H25N/c1-5-9-12(8-4,10-6-2)11-7-3/h4-11H2,1-3H3/q+1. The van der Waals surface area contributed by atoms with E-state index in [-0.39, 0.29) is 0 Å². The van der Waals surface area contributed by atoms with E-state index in [0.29, 0.717) is 0 Å². The summed E-state index contributed by atoms with van der Waals surface area (Å²) < 4.78 is 1.24. The Hall–Kier alpha value is -0.0400. The third-order valence-corrected chi connectivity index (χ3v) is 2.57. The molecule has 0 fully saturated rings. The predicted octanol–water partition coefficient (Wildman–Crippen LogP) is 2.87. The summed E-state index contributed by atoms with van der Waals surface area (Å²) in [6.45, 7) is 15.9. The molecule has 0 aliphatic carbocycles. The maximum Gasteiger partial charge on any atom is 0.0788 e. The van der Waals surface area contributed by atoms with Gasteiger partial charge in [-0.1, -0.05) is 20.8 Å². The number of hydrogen-bond donors (Lipinski definition) is 0. The minimum Gasteiger partial charge on any atom is -0.324 e. The van der Waals surface area contributed by atoms with Crippen molar-refractivity contribution in [3.63, 3.8) is 0 Å². The minimum atomic E-state index is 1.06. The summed E-state index contributed by atoms with van der Waals surface area (Å²) >= 11 is 0. The molecule has 1 nitrogen and oxygen atoms in total. The van der Waals surface area contributed by atoms with Gasteiger partial charge < -0.3 is 4.48 Å². The number of rotatable bonds is 7. The lowest BCUT2D eigenvalue weighted by Crippen LogP contribution is -2.49. The molecule has 0 aromatic heterocycles. The van der Waals surface area contributed by atoms with Crippen molar-refractivity contribution in [2.45, 2.75) is 40.0 Å². The zero-order valence-electron chi connectivity index (χ0n) is 9.10. The first-order valence-electron chi connectivity index (χ1n) is 5.39. The van der Waals surface area contributed by atoms with E-state index in [1.807, 2.05) is 0 Å². The molecule has 12 heavy (non-hydrogen) atoms. The monoisotopic (exact) mass is 171 g/mol. The number of nitrogens with zero attached hydrogens (tertiary/aromatic N) is 1. The molecule has 0 amide bonds. The van der Waals surface area contributed by atoms with E-state index < -0.39 is 0 Å². The van der Waals surface area contributed by atoms with Gasteiger partial charge >= 0.3 is 0 Å². The van der Waals surface area contributed by atoms with E-state index >= 15 is 0 Å². The third kappa shape index (κ3) is 3.57. The topological polar surface area (TPSA) is 0 Å². The Balaban J connectivity index is 4.06. The normalized spacial score (nSPS) is 12.0. The first-order valence-corrected chi connectivity index (χ1v) is 5.39. The second kappa shape index (κ2) is 6.47. The molecule has 0 aliphatic heterocycles. The van der Waals surface area contributed by atoms with Crippen molar-refractivity contribution >= 4 is 0 Å². The average molecular weight is 171 g/mol. The van der Waals surface area contributed by atoms with Crippen LogP contribution in [0.2, 0.25) is 0 Å². The largest absolute Gasteiger partial charge is 0.324 e. The molecule has 0 unspecified atom stereocenters. The van der Waals surface area contributed by atoms with Crippen LogP contribution in [0.25, 0.3) is 0 Å². The molecule has 1 heteroatoms. The Kier molecular flexibility index (Phi) is 6.45. The first kappa shape index (κ1) is 12.0.